The number of halogens is 1. The van der Waals surface area contributed by atoms with Crippen molar-refractivity contribution < 1.29 is 14.7 Å². The molecule has 33 heavy (non-hydrogen) atoms. The molecule has 4 N–H and O–H groups in total. The molecule has 0 bridgehead atoms. The standard InChI is InChI=1S/C23H22ClN5O3S/c1-2-16-18(24)17-20(26-16)27-23(28-21(17)29-8-7-12(25)10-29)33-13-5-3-11-4-6-14(22(31)32)19(30)15(11)9-13/h3,5-6,9,12H,2,4,7-8,10,25H2,1H3,(H,31,32)(H,26,27,28)/t12-/m1/s1. The molecule has 170 valence electrons. The number of carboxylic acid groups (broad SMARTS) is 1. The van der Waals surface area contributed by atoms with Gasteiger partial charge in [0.1, 0.15) is 17.0 Å². The van der Waals surface area contributed by atoms with Crippen LogP contribution in [0.15, 0.2) is 39.9 Å². The highest BCUT2D eigenvalue weighted by molar-refractivity contribution is 7.99. The fraction of sp³-hybridized carbons (Fsp3) is 0.304. The van der Waals surface area contributed by atoms with Crippen molar-refractivity contribution in [2.45, 2.75) is 42.3 Å². The van der Waals surface area contributed by atoms with Crippen molar-refractivity contribution >= 4 is 52.0 Å². The van der Waals surface area contributed by atoms with Crippen LogP contribution in [0.1, 0.15) is 35.0 Å². The number of carboxylic acids is 1. The number of aryl methyl sites for hydroxylation is 1. The number of aromatic nitrogens is 3. The van der Waals surface area contributed by atoms with Crippen molar-refractivity contribution in [2.75, 3.05) is 18.0 Å². The quantitative estimate of drug-likeness (QED) is 0.371. The predicted octanol–water partition coefficient (Wildman–Crippen LogP) is 3.61. The Labute approximate surface area is 199 Å². The molecule has 3 heterocycles. The van der Waals surface area contributed by atoms with E-state index in [-0.39, 0.29) is 11.6 Å². The van der Waals surface area contributed by atoms with E-state index in [0.29, 0.717) is 34.4 Å². The summed E-state index contributed by atoms with van der Waals surface area (Å²) < 4.78 is 0. The highest BCUT2D eigenvalue weighted by Gasteiger charge is 2.28. The molecule has 5 rings (SSSR count). The molecule has 1 saturated heterocycles. The Hall–Kier alpha value is -2.88. The van der Waals surface area contributed by atoms with Crippen LogP contribution in [0.3, 0.4) is 0 Å². The molecule has 8 nitrogen and oxygen atoms in total. The number of allylic oxidation sites excluding steroid dienone is 1. The van der Waals surface area contributed by atoms with Crippen molar-refractivity contribution in [3.63, 3.8) is 0 Å². The third-order valence-electron chi connectivity index (χ3n) is 6.04. The molecule has 2 aliphatic rings. The normalized spacial score (nSPS) is 18.0. The minimum absolute atomic E-state index is 0.0811. The van der Waals surface area contributed by atoms with E-state index < -0.39 is 11.8 Å². The van der Waals surface area contributed by atoms with E-state index in [4.69, 9.17) is 22.3 Å². The maximum absolute atomic E-state index is 12.6. The molecule has 0 unspecified atom stereocenters. The van der Waals surface area contributed by atoms with Crippen LogP contribution in [0, 0.1) is 0 Å². The van der Waals surface area contributed by atoms with Gasteiger partial charge in [0.05, 0.1) is 10.4 Å². The molecule has 1 aliphatic heterocycles. The number of hydrogen-bond donors (Lipinski definition) is 3. The second kappa shape index (κ2) is 8.48. The predicted molar refractivity (Wildman–Crippen MR) is 127 cm³/mol. The molecule has 0 saturated carbocycles. The third kappa shape index (κ3) is 3.90. The number of rotatable bonds is 5. The van der Waals surface area contributed by atoms with Gasteiger partial charge in [-0.1, -0.05) is 30.7 Å². The van der Waals surface area contributed by atoms with Crippen LogP contribution in [0.5, 0.6) is 0 Å². The van der Waals surface area contributed by atoms with Gasteiger partial charge < -0.3 is 20.7 Å². The number of aromatic amines is 1. The van der Waals surface area contributed by atoms with Gasteiger partial charge in [0.15, 0.2) is 10.9 Å². The molecule has 10 heteroatoms. The van der Waals surface area contributed by atoms with Gasteiger partial charge in [0.2, 0.25) is 0 Å². The molecular weight excluding hydrogens is 462 g/mol. The van der Waals surface area contributed by atoms with E-state index in [2.05, 4.69) is 14.9 Å². The zero-order valence-corrected chi connectivity index (χ0v) is 19.5. The van der Waals surface area contributed by atoms with E-state index in [0.717, 1.165) is 46.7 Å². The van der Waals surface area contributed by atoms with Crippen LogP contribution in [0.4, 0.5) is 5.82 Å². The lowest BCUT2D eigenvalue weighted by molar-refractivity contribution is -0.132. The summed E-state index contributed by atoms with van der Waals surface area (Å²) in [6.07, 6.45) is 3.49. The average molecular weight is 484 g/mol. The monoisotopic (exact) mass is 483 g/mol. The number of hydrogen-bond acceptors (Lipinski definition) is 7. The van der Waals surface area contributed by atoms with E-state index >= 15 is 0 Å². The fourth-order valence-corrected chi connectivity index (χ4v) is 5.46. The SMILES string of the molecule is CCc1[nH]c2nc(Sc3ccc4c(c3)C(=O)C(C(=O)O)=CC4)nc(N3CC[C@@H](N)C3)c2c1Cl. The second-order valence-corrected chi connectivity index (χ2v) is 9.62. The molecule has 1 fully saturated rings. The molecule has 0 amide bonds. The Balaban J connectivity index is 1.54. The van der Waals surface area contributed by atoms with Crippen LogP contribution in [0.25, 0.3) is 11.0 Å². The summed E-state index contributed by atoms with van der Waals surface area (Å²) in [5.41, 5.74) is 8.72. The number of nitrogens with zero attached hydrogens (tertiary/aromatic N) is 3. The van der Waals surface area contributed by atoms with Gasteiger partial charge >= 0.3 is 5.97 Å². The van der Waals surface area contributed by atoms with Crippen molar-refractivity contribution in [1.29, 1.82) is 0 Å². The number of carbonyl (C=O) groups excluding carboxylic acids is 1. The molecule has 1 aliphatic carbocycles. The van der Waals surface area contributed by atoms with Gasteiger partial charge in [-0.3, -0.25) is 4.79 Å². The van der Waals surface area contributed by atoms with Crippen LogP contribution < -0.4 is 10.6 Å². The van der Waals surface area contributed by atoms with Gasteiger partial charge in [-0.05, 0) is 48.7 Å². The highest BCUT2D eigenvalue weighted by Crippen LogP contribution is 2.38. The molecule has 1 aromatic carbocycles. The van der Waals surface area contributed by atoms with E-state index in [1.165, 1.54) is 17.8 Å². The molecular formula is C23H22ClN5O3S. The number of anilines is 1. The third-order valence-corrected chi connectivity index (χ3v) is 7.31. The van der Waals surface area contributed by atoms with E-state index in [1.807, 2.05) is 19.1 Å². The number of carbonyl (C=O) groups is 2. The highest BCUT2D eigenvalue weighted by atomic mass is 35.5. The summed E-state index contributed by atoms with van der Waals surface area (Å²) in [6, 6.07) is 5.55. The van der Waals surface area contributed by atoms with E-state index in [1.54, 1.807) is 6.07 Å². The smallest absolute Gasteiger partial charge is 0.339 e. The summed E-state index contributed by atoms with van der Waals surface area (Å²) in [5, 5.41) is 11.2. The number of fused-ring (bicyclic) bond motifs is 2. The number of H-pyrrole nitrogens is 1. The second-order valence-electron chi connectivity index (χ2n) is 8.20. The first-order valence-electron chi connectivity index (χ1n) is 10.7. The number of aliphatic carboxylic acids is 1. The van der Waals surface area contributed by atoms with Gasteiger partial charge in [0, 0.05) is 35.3 Å². The number of nitrogens with two attached hydrogens (primary N) is 1. The first-order valence-corrected chi connectivity index (χ1v) is 11.9. The summed E-state index contributed by atoms with van der Waals surface area (Å²) in [5.74, 6) is -0.930. The fourth-order valence-electron chi connectivity index (χ4n) is 4.32. The number of ketones is 1. The number of nitrogens with one attached hydrogen (secondary N) is 1. The Bertz CT molecular complexity index is 1340. The number of benzene rings is 1. The van der Waals surface area contributed by atoms with Crippen LogP contribution in [0.2, 0.25) is 5.02 Å². The van der Waals surface area contributed by atoms with Crippen LogP contribution in [-0.4, -0.2) is 50.9 Å². The van der Waals surface area contributed by atoms with Gasteiger partial charge in [-0.15, -0.1) is 0 Å². The van der Waals surface area contributed by atoms with Crippen molar-refractivity contribution in [3.05, 3.63) is 51.7 Å². The van der Waals surface area contributed by atoms with Crippen LogP contribution in [-0.2, 0) is 17.6 Å². The molecule has 0 radical (unpaired) electrons. The zero-order valence-electron chi connectivity index (χ0n) is 17.9. The lowest BCUT2D eigenvalue weighted by atomic mass is 9.90. The number of Topliss-reactive ketones (excluding diaryl/α,β-unsaturated/α-hetero) is 1. The summed E-state index contributed by atoms with van der Waals surface area (Å²) in [7, 11) is 0. The minimum Gasteiger partial charge on any atom is -0.478 e. The molecule has 1 atom stereocenters. The summed E-state index contributed by atoms with van der Waals surface area (Å²) in [4.78, 5) is 39.7. The first kappa shape index (κ1) is 21.9. The first-order chi connectivity index (χ1) is 15.9. The van der Waals surface area contributed by atoms with Crippen LogP contribution >= 0.6 is 23.4 Å². The summed E-state index contributed by atoms with van der Waals surface area (Å²) in [6.45, 7) is 3.50. The van der Waals surface area contributed by atoms with E-state index in [9.17, 15) is 14.7 Å². The Morgan fingerprint density at radius 2 is 2.21 bits per heavy atom. The summed E-state index contributed by atoms with van der Waals surface area (Å²) >= 11 is 7.98. The van der Waals surface area contributed by atoms with Gasteiger partial charge in [-0.2, -0.15) is 0 Å². The maximum atomic E-state index is 12.6. The Morgan fingerprint density at radius 3 is 2.91 bits per heavy atom. The lowest BCUT2D eigenvalue weighted by Gasteiger charge is -2.19. The maximum Gasteiger partial charge on any atom is 0.339 e. The topological polar surface area (TPSA) is 125 Å². The van der Waals surface area contributed by atoms with Crippen molar-refractivity contribution in [1.82, 2.24) is 15.0 Å². The average Bonchev–Trinajstić information content (AvgIpc) is 3.36. The molecule has 3 aromatic rings. The molecule has 2 aromatic heterocycles. The van der Waals surface area contributed by atoms with Crippen molar-refractivity contribution in [3.8, 4) is 0 Å². The zero-order chi connectivity index (χ0) is 23.3. The van der Waals surface area contributed by atoms with Crippen molar-refractivity contribution in [2.24, 2.45) is 5.73 Å². The van der Waals surface area contributed by atoms with Gasteiger partial charge in [-0.25, -0.2) is 14.8 Å². The van der Waals surface area contributed by atoms with Gasteiger partial charge in [0.25, 0.3) is 0 Å². The lowest BCUT2D eigenvalue weighted by Crippen LogP contribution is -2.27. The Kier molecular flexibility index (Phi) is 5.64. The minimum atomic E-state index is -1.21. The largest absolute Gasteiger partial charge is 0.478 e. The Morgan fingerprint density at radius 1 is 1.39 bits per heavy atom. The molecule has 0 spiro atoms.